The van der Waals surface area contributed by atoms with Crippen molar-refractivity contribution in [2.75, 3.05) is 13.2 Å². The minimum absolute atomic E-state index is 0.0278. The first kappa shape index (κ1) is 16.6. The lowest BCUT2D eigenvalue weighted by Crippen LogP contribution is -2.28. The number of ether oxygens (including phenoxy) is 2. The van der Waals surface area contributed by atoms with Crippen LogP contribution in [0.2, 0.25) is 0 Å². The van der Waals surface area contributed by atoms with Gasteiger partial charge in [0.1, 0.15) is 11.9 Å². The van der Waals surface area contributed by atoms with Crippen LogP contribution in [0.4, 0.5) is 0 Å². The first-order chi connectivity index (χ1) is 9.91. The van der Waals surface area contributed by atoms with Crippen LogP contribution in [0, 0.1) is 0 Å². The number of rotatable bonds is 5. The van der Waals surface area contributed by atoms with E-state index in [1.807, 2.05) is 6.92 Å². The van der Waals surface area contributed by atoms with Gasteiger partial charge in [-0.15, -0.1) is 0 Å². The predicted molar refractivity (Wildman–Crippen MR) is 82.7 cm³/mol. The maximum Gasteiger partial charge on any atom is 0.261 e. The molecular weight excluding hydrogens is 312 g/mol. The van der Waals surface area contributed by atoms with Crippen LogP contribution in [0.25, 0.3) is 0 Å². The molecule has 1 aromatic carbocycles. The van der Waals surface area contributed by atoms with Crippen LogP contribution >= 0.6 is 10.7 Å². The Bertz CT molecular complexity index is 579. The van der Waals surface area contributed by atoms with Crippen molar-refractivity contribution >= 4 is 19.7 Å². The zero-order chi connectivity index (χ0) is 15.5. The molecule has 1 fully saturated rings. The SMILES string of the molecule is CCC(C)c1cc(S(=O)(=O)Cl)ccc1OC1CCCOC1. The smallest absolute Gasteiger partial charge is 0.261 e. The van der Waals surface area contributed by atoms with Crippen LogP contribution in [0.5, 0.6) is 5.75 Å². The molecule has 1 aliphatic rings. The van der Waals surface area contributed by atoms with Gasteiger partial charge in [-0.05, 0) is 48.9 Å². The van der Waals surface area contributed by atoms with Crippen LogP contribution in [0.1, 0.15) is 44.6 Å². The molecule has 1 aromatic rings. The Hall–Kier alpha value is -0.780. The highest BCUT2D eigenvalue weighted by Gasteiger charge is 2.21. The third-order valence-corrected chi connectivity index (χ3v) is 5.17. The van der Waals surface area contributed by atoms with Crippen molar-refractivity contribution in [2.45, 2.75) is 50.0 Å². The molecule has 0 saturated carbocycles. The number of hydrogen-bond donors (Lipinski definition) is 0. The fourth-order valence-corrected chi connectivity index (χ4v) is 3.16. The second-order valence-corrected chi connectivity index (χ2v) is 7.97. The Kier molecular flexibility index (Phi) is 5.52. The minimum atomic E-state index is -3.72. The first-order valence-corrected chi connectivity index (χ1v) is 9.55. The van der Waals surface area contributed by atoms with E-state index in [4.69, 9.17) is 20.2 Å². The summed E-state index contributed by atoms with van der Waals surface area (Å²) in [6.07, 6.45) is 2.86. The zero-order valence-electron chi connectivity index (χ0n) is 12.3. The van der Waals surface area contributed by atoms with E-state index in [1.165, 1.54) is 6.07 Å². The molecule has 0 aromatic heterocycles. The Labute approximate surface area is 130 Å². The van der Waals surface area contributed by atoms with Gasteiger partial charge in [0.05, 0.1) is 11.5 Å². The highest BCUT2D eigenvalue weighted by atomic mass is 35.7. The van der Waals surface area contributed by atoms with Crippen molar-refractivity contribution in [3.05, 3.63) is 23.8 Å². The summed E-state index contributed by atoms with van der Waals surface area (Å²) in [7, 11) is 1.71. The Balaban J connectivity index is 2.30. The van der Waals surface area contributed by atoms with Gasteiger partial charge in [-0.1, -0.05) is 13.8 Å². The van der Waals surface area contributed by atoms with E-state index in [-0.39, 0.29) is 16.9 Å². The lowest BCUT2D eigenvalue weighted by atomic mass is 9.97. The molecule has 4 nitrogen and oxygen atoms in total. The highest BCUT2D eigenvalue weighted by molar-refractivity contribution is 8.13. The van der Waals surface area contributed by atoms with Crippen molar-refractivity contribution in [1.82, 2.24) is 0 Å². The van der Waals surface area contributed by atoms with E-state index >= 15 is 0 Å². The molecule has 1 heterocycles. The van der Waals surface area contributed by atoms with Crippen molar-refractivity contribution in [2.24, 2.45) is 0 Å². The van der Waals surface area contributed by atoms with Gasteiger partial charge in [0.15, 0.2) is 0 Å². The largest absolute Gasteiger partial charge is 0.488 e. The third kappa shape index (κ3) is 4.34. The maximum absolute atomic E-state index is 11.5. The summed E-state index contributed by atoms with van der Waals surface area (Å²) in [6.45, 7) is 5.46. The molecule has 6 heteroatoms. The van der Waals surface area contributed by atoms with Crippen LogP contribution in [-0.4, -0.2) is 27.7 Å². The van der Waals surface area contributed by atoms with E-state index < -0.39 is 9.05 Å². The van der Waals surface area contributed by atoms with Crippen LogP contribution < -0.4 is 4.74 Å². The molecule has 2 rings (SSSR count). The molecule has 0 amide bonds. The summed E-state index contributed by atoms with van der Waals surface area (Å²) in [5.74, 6) is 0.923. The summed E-state index contributed by atoms with van der Waals surface area (Å²) in [6, 6.07) is 4.81. The van der Waals surface area contributed by atoms with Crippen LogP contribution in [0.15, 0.2) is 23.1 Å². The second-order valence-electron chi connectivity index (χ2n) is 5.40. The van der Waals surface area contributed by atoms with Crippen molar-refractivity contribution in [3.63, 3.8) is 0 Å². The average Bonchev–Trinajstić information content (AvgIpc) is 2.47. The van der Waals surface area contributed by atoms with Crippen molar-refractivity contribution < 1.29 is 17.9 Å². The molecule has 0 radical (unpaired) electrons. The summed E-state index contributed by atoms with van der Waals surface area (Å²) >= 11 is 0. The molecule has 0 N–H and O–H groups in total. The molecular formula is C15H21ClO4S. The maximum atomic E-state index is 11.5. The van der Waals surface area contributed by atoms with E-state index in [2.05, 4.69) is 6.92 Å². The molecule has 2 unspecified atom stereocenters. The van der Waals surface area contributed by atoms with Gasteiger partial charge in [-0.25, -0.2) is 8.42 Å². The molecule has 1 aliphatic heterocycles. The Morgan fingerprint density at radius 3 is 2.81 bits per heavy atom. The summed E-state index contributed by atoms with van der Waals surface area (Å²) in [5.41, 5.74) is 0.879. The predicted octanol–water partition coefficient (Wildman–Crippen LogP) is 3.69. The summed E-state index contributed by atoms with van der Waals surface area (Å²) in [5, 5.41) is 0. The number of hydrogen-bond acceptors (Lipinski definition) is 4. The van der Waals surface area contributed by atoms with Gasteiger partial charge in [-0.3, -0.25) is 0 Å². The van der Waals surface area contributed by atoms with Gasteiger partial charge < -0.3 is 9.47 Å². The van der Waals surface area contributed by atoms with Gasteiger partial charge in [-0.2, -0.15) is 0 Å². The molecule has 0 spiro atoms. The van der Waals surface area contributed by atoms with Crippen molar-refractivity contribution in [3.8, 4) is 5.75 Å². The third-order valence-electron chi connectivity index (χ3n) is 3.82. The monoisotopic (exact) mass is 332 g/mol. The molecule has 0 aliphatic carbocycles. The van der Waals surface area contributed by atoms with Crippen LogP contribution in [-0.2, 0) is 13.8 Å². The molecule has 1 saturated heterocycles. The van der Waals surface area contributed by atoms with E-state index in [0.29, 0.717) is 6.61 Å². The second kappa shape index (κ2) is 6.99. The van der Waals surface area contributed by atoms with Crippen LogP contribution in [0.3, 0.4) is 0 Å². The lowest BCUT2D eigenvalue weighted by Gasteiger charge is -2.25. The molecule has 0 bridgehead atoms. The fraction of sp³-hybridized carbons (Fsp3) is 0.600. The Morgan fingerprint density at radius 1 is 1.48 bits per heavy atom. The molecule has 2 atom stereocenters. The quantitative estimate of drug-likeness (QED) is 0.772. The van der Waals surface area contributed by atoms with Gasteiger partial charge in [0.2, 0.25) is 0 Å². The Morgan fingerprint density at radius 2 is 2.24 bits per heavy atom. The van der Waals surface area contributed by atoms with Crippen molar-refractivity contribution in [1.29, 1.82) is 0 Å². The van der Waals surface area contributed by atoms with Gasteiger partial charge >= 0.3 is 0 Å². The molecule has 118 valence electrons. The zero-order valence-corrected chi connectivity index (χ0v) is 13.9. The van der Waals surface area contributed by atoms with E-state index in [0.717, 1.165) is 37.2 Å². The van der Waals surface area contributed by atoms with Gasteiger partial charge in [0, 0.05) is 17.3 Å². The summed E-state index contributed by atoms with van der Waals surface area (Å²) in [4.78, 5) is 0.117. The van der Waals surface area contributed by atoms with E-state index in [1.54, 1.807) is 12.1 Å². The summed E-state index contributed by atoms with van der Waals surface area (Å²) < 4.78 is 34.4. The number of halogens is 1. The highest BCUT2D eigenvalue weighted by Crippen LogP contribution is 2.33. The lowest BCUT2D eigenvalue weighted by molar-refractivity contribution is 0.00689. The van der Waals surface area contributed by atoms with E-state index in [9.17, 15) is 8.42 Å². The molecule has 21 heavy (non-hydrogen) atoms. The fourth-order valence-electron chi connectivity index (χ4n) is 2.37. The minimum Gasteiger partial charge on any atom is -0.488 e. The first-order valence-electron chi connectivity index (χ1n) is 7.24. The topological polar surface area (TPSA) is 52.6 Å². The number of benzene rings is 1. The average molecular weight is 333 g/mol. The normalized spacial score (nSPS) is 21.0. The standard InChI is InChI=1S/C15H21ClO4S/c1-3-11(2)14-9-13(21(16,17)18)6-7-15(14)20-12-5-4-8-19-10-12/h6-7,9,11-12H,3-5,8,10H2,1-2H3. The van der Waals surface area contributed by atoms with Gasteiger partial charge in [0.25, 0.3) is 9.05 Å².